The molecule has 1 N–H and O–H groups in total. The predicted molar refractivity (Wildman–Crippen MR) is 84.0 cm³/mol. The molecular formula is C18H26O. The zero-order valence-electron chi connectivity index (χ0n) is 12.4. The average molecular weight is 258 g/mol. The fourth-order valence-corrected chi connectivity index (χ4v) is 2.13. The summed E-state index contributed by atoms with van der Waals surface area (Å²) >= 11 is 0. The Morgan fingerprint density at radius 2 is 1.68 bits per heavy atom. The molecule has 0 saturated carbocycles. The minimum Gasteiger partial charge on any atom is -0.381 e. The number of rotatable bonds is 6. The minimum absolute atomic E-state index is 0.656. The molecule has 0 spiro atoms. The van der Waals surface area contributed by atoms with Gasteiger partial charge in [0.2, 0.25) is 0 Å². The Morgan fingerprint density at radius 3 is 2.32 bits per heavy atom. The van der Waals surface area contributed by atoms with Crippen LogP contribution in [0.1, 0.15) is 46.5 Å². The van der Waals surface area contributed by atoms with Crippen molar-refractivity contribution < 1.29 is 5.11 Å². The molecule has 0 saturated heterocycles. The molecule has 0 bridgehead atoms. The third kappa shape index (κ3) is 5.44. The fraction of sp³-hybridized carbons (Fsp3) is 0.444. The van der Waals surface area contributed by atoms with Gasteiger partial charge in [0.25, 0.3) is 0 Å². The maximum atomic E-state index is 10.7. The largest absolute Gasteiger partial charge is 0.381 e. The first kappa shape index (κ1) is 15.7. The van der Waals surface area contributed by atoms with Crippen molar-refractivity contribution in [1.82, 2.24) is 0 Å². The van der Waals surface area contributed by atoms with Gasteiger partial charge in [-0.1, -0.05) is 63.3 Å². The summed E-state index contributed by atoms with van der Waals surface area (Å²) in [4.78, 5) is 0. The zero-order chi connectivity index (χ0) is 14.1. The lowest BCUT2D eigenvalue weighted by Crippen LogP contribution is -2.26. The van der Waals surface area contributed by atoms with Gasteiger partial charge in [0.1, 0.15) is 5.60 Å². The Morgan fingerprint density at radius 1 is 1.05 bits per heavy atom. The molecule has 0 aromatic rings. The maximum Gasteiger partial charge on any atom is 0.106 e. The molecule has 0 aromatic heterocycles. The molecular weight excluding hydrogens is 232 g/mol. The number of hydrogen-bond acceptors (Lipinski definition) is 1. The Kier molecular flexibility index (Phi) is 6.58. The van der Waals surface area contributed by atoms with Gasteiger partial charge in [-0.05, 0) is 36.5 Å². The van der Waals surface area contributed by atoms with Crippen molar-refractivity contribution in [3.05, 3.63) is 59.8 Å². The van der Waals surface area contributed by atoms with Crippen LogP contribution in [-0.2, 0) is 0 Å². The van der Waals surface area contributed by atoms with Crippen molar-refractivity contribution in [3.63, 3.8) is 0 Å². The highest BCUT2D eigenvalue weighted by molar-refractivity contribution is 5.45. The molecule has 1 atom stereocenters. The average Bonchev–Trinajstić information content (AvgIpc) is 2.40. The van der Waals surface area contributed by atoms with Crippen LogP contribution < -0.4 is 0 Å². The molecule has 0 radical (unpaired) electrons. The van der Waals surface area contributed by atoms with Crippen molar-refractivity contribution in [2.45, 2.75) is 52.1 Å². The van der Waals surface area contributed by atoms with Crippen LogP contribution >= 0.6 is 0 Å². The first-order chi connectivity index (χ1) is 9.13. The van der Waals surface area contributed by atoms with Gasteiger partial charge in [0.15, 0.2) is 0 Å². The lowest BCUT2D eigenvalue weighted by atomic mass is 9.85. The summed E-state index contributed by atoms with van der Waals surface area (Å²) in [6.45, 7) is 6.32. The van der Waals surface area contributed by atoms with Crippen molar-refractivity contribution in [3.8, 4) is 0 Å². The SMILES string of the molecule is CCC=CC1=CC(O)(C=CCC)CC(C=CCC)=C1. The van der Waals surface area contributed by atoms with Crippen molar-refractivity contribution in [2.24, 2.45) is 0 Å². The van der Waals surface area contributed by atoms with E-state index in [1.54, 1.807) is 0 Å². The second-order valence-corrected chi connectivity index (χ2v) is 4.96. The highest BCUT2D eigenvalue weighted by atomic mass is 16.3. The number of hydrogen-bond donors (Lipinski definition) is 1. The summed E-state index contributed by atoms with van der Waals surface area (Å²) in [5, 5.41) is 10.7. The van der Waals surface area contributed by atoms with Crippen LogP contribution in [0.15, 0.2) is 59.8 Å². The summed E-state index contributed by atoms with van der Waals surface area (Å²) in [7, 11) is 0. The van der Waals surface area contributed by atoms with E-state index in [1.165, 1.54) is 5.57 Å². The lowest BCUT2D eigenvalue weighted by molar-refractivity contribution is 0.141. The smallest absolute Gasteiger partial charge is 0.106 e. The molecule has 0 fully saturated rings. The van der Waals surface area contributed by atoms with E-state index < -0.39 is 5.60 Å². The molecule has 0 aromatic carbocycles. The molecule has 104 valence electrons. The first-order valence-electron chi connectivity index (χ1n) is 7.30. The van der Waals surface area contributed by atoms with Crippen molar-refractivity contribution in [2.75, 3.05) is 0 Å². The minimum atomic E-state index is -0.842. The third-order valence-corrected chi connectivity index (χ3v) is 3.01. The molecule has 1 aliphatic rings. The van der Waals surface area contributed by atoms with Crippen LogP contribution in [-0.4, -0.2) is 10.7 Å². The summed E-state index contributed by atoms with van der Waals surface area (Å²) < 4.78 is 0. The Balaban J connectivity index is 3.01. The van der Waals surface area contributed by atoms with E-state index in [1.807, 2.05) is 18.2 Å². The third-order valence-electron chi connectivity index (χ3n) is 3.01. The van der Waals surface area contributed by atoms with Crippen LogP contribution in [0.25, 0.3) is 0 Å². The van der Waals surface area contributed by atoms with E-state index in [4.69, 9.17) is 0 Å². The van der Waals surface area contributed by atoms with Gasteiger partial charge in [-0.2, -0.15) is 0 Å². The van der Waals surface area contributed by atoms with Gasteiger partial charge in [-0.25, -0.2) is 0 Å². The van der Waals surface area contributed by atoms with Crippen LogP contribution in [0, 0.1) is 0 Å². The Labute approximate surface area is 117 Å². The lowest BCUT2D eigenvalue weighted by Gasteiger charge is -2.26. The molecule has 0 aliphatic heterocycles. The van der Waals surface area contributed by atoms with Gasteiger partial charge in [-0.3, -0.25) is 0 Å². The highest BCUT2D eigenvalue weighted by Crippen LogP contribution is 2.29. The second-order valence-electron chi connectivity index (χ2n) is 4.96. The summed E-state index contributed by atoms with van der Waals surface area (Å²) in [5.74, 6) is 0. The van der Waals surface area contributed by atoms with E-state index in [-0.39, 0.29) is 0 Å². The van der Waals surface area contributed by atoms with E-state index in [9.17, 15) is 5.11 Å². The molecule has 1 heteroatoms. The van der Waals surface area contributed by atoms with Crippen LogP contribution in [0.5, 0.6) is 0 Å². The maximum absolute atomic E-state index is 10.7. The highest BCUT2D eigenvalue weighted by Gasteiger charge is 2.24. The summed E-state index contributed by atoms with van der Waals surface area (Å²) in [6, 6.07) is 0. The summed E-state index contributed by atoms with van der Waals surface area (Å²) in [5.41, 5.74) is 1.43. The monoisotopic (exact) mass is 258 g/mol. The van der Waals surface area contributed by atoms with Crippen molar-refractivity contribution >= 4 is 0 Å². The molecule has 1 rings (SSSR count). The van der Waals surface area contributed by atoms with E-state index in [0.29, 0.717) is 6.42 Å². The molecule has 0 heterocycles. The van der Waals surface area contributed by atoms with Gasteiger partial charge in [0.05, 0.1) is 0 Å². The second kappa shape index (κ2) is 7.96. The fourth-order valence-electron chi connectivity index (χ4n) is 2.13. The van der Waals surface area contributed by atoms with E-state index >= 15 is 0 Å². The molecule has 1 nitrogen and oxygen atoms in total. The van der Waals surface area contributed by atoms with E-state index in [0.717, 1.165) is 24.8 Å². The first-order valence-corrected chi connectivity index (χ1v) is 7.30. The number of allylic oxidation sites excluding steroid dienone is 7. The van der Waals surface area contributed by atoms with Gasteiger partial charge in [-0.15, -0.1) is 0 Å². The number of aliphatic hydroxyl groups is 1. The molecule has 0 amide bonds. The van der Waals surface area contributed by atoms with Crippen LogP contribution in [0.4, 0.5) is 0 Å². The molecule has 1 aliphatic carbocycles. The quantitative estimate of drug-likeness (QED) is 0.674. The van der Waals surface area contributed by atoms with Gasteiger partial charge < -0.3 is 5.11 Å². The normalized spacial score (nSPS) is 24.4. The molecule has 1 unspecified atom stereocenters. The van der Waals surface area contributed by atoms with Crippen LogP contribution in [0.2, 0.25) is 0 Å². The summed E-state index contributed by atoms with van der Waals surface area (Å²) in [6.07, 6.45) is 20.2. The Bertz CT molecular complexity index is 421. The molecule has 19 heavy (non-hydrogen) atoms. The zero-order valence-corrected chi connectivity index (χ0v) is 12.4. The predicted octanol–water partition coefficient (Wildman–Crippen LogP) is 4.87. The van der Waals surface area contributed by atoms with E-state index in [2.05, 4.69) is 51.2 Å². The Hall–Kier alpha value is -1.34. The topological polar surface area (TPSA) is 20.2 Å². The van der Waals surface area contributed by atoms with Crippen LogP contribution in [0.3, 0.4) is 0 Å². The van der Waals surface area contributed by atoms with Gasteiger partial charge >= 0.3 is 0 Å². The van der Waals surface area contributed by atoms with Gasteiger partial charge in [0, 0.05) is 6.42 Å². The standard InChI is InChI=1S/C18H26O/c1-4-7-10-16-13-17(11-8-5-2)15-18(19,14-16)12-9-6-3/h7-14,19H,4-6,15H2,1-3H3. The van der Waals surface area contributed by atoms with Crippen molar-refractivity contribution in [1.29, 1.82) is 0 Å².